The van der Waals surface area contributed by atoms with Crippen molar-refractivity contribution < 1.29 is 5.11 Å². The van der Waals surface area contributed by atoms with Gasteiger partial charge in [-0.05, 0) is 29.5 Å². The molecule has 3 rings (SSSR count). The molecule has 98 valence electrons. The van der Waals surface area contributed by atoms with Gasteiger partial charge in [0.05, 0.1) is 6.10 Å². The normalized spacial score (nSPS) is 23.2. The van der Waals surface area contributed by atoms with Gasteiger partial charge in [0.2, 0.25) is 0 Å². The maximum Gasteiger partial charge on any atom is 0.0608 e. The lowest BCUT2D eigenvalue weighted by molar-refractivity contribution is 0.106. The van der Waals surface area contributed by atoms with Crippen LogP contribution in [0.1, 0.15) is 37.2 Å². The minimum absolute atomic E-state index is 0.182. The van der Waals surface area contributed by atoms with E-state index in [0.717, 1.165) is 19.3 Å². The number of hydrogen-bond acceptors (Lipinski definition) is 1. The molecule has 0 heterocycles. The van der Waals surface area contributed by atoms with Crippen molar-refractivity contribution in [3.05, 3.63) is 60.2 Å². The molecule has 1 nitrogen and oxygen atoms in total. The van der Waals surface area contributed by atoms with Crippen LogP contribution in [0.15, 0.2) is 54.6 Å². The molecule has 2 unspecified atom stereocenters. The first-order valence-electron chi connectivity index (χ1n) is 7.18. The van der Waals surface area contributed by atoms with E-state index in [-0.39, 0.29) is 6.10 Å². The summed E-state index contributed by atoms with van der Waals surface area (Å²) in [5, 5.41) is 10.3. The summed E-state index contributed by atoms with van der Waals surface area (Å²) in [6, 6.07) is 19.0. The molecule has 2 atom stereocenters. The molecule has 2 aromatic rings. The second kappa shape index (κ2) is 5.58. The van der Waals surface area contributed by atoms with Gasteiger partial charge in [-0.3, -0.25) is 0 Å². The third kappa shape index (κ3) is 2.57. The number of rotatable bonds is 2. The monoisotopic (exact) mass is 252 g/mol. The van der Waals surface area contributed by atoms with Crippen molar-refractivity contribution in [2.75, 3.05) is 0 Å². The van der Waals surface area contributed by atoms with Crippen LogP contribution >= 0.6 is 0 Å². The van der Waals surface area contributed by atoms with Gasteiger partial charge in [-0.1, -0.05) is 67.4 Å². The minimum atomic E-state index is -0.182. The van der Waals surface area contributed by atoms with Gasteiger partial charge in [0, 0.05) is 5.92 Å². The fraction of sp³-hybridized carbons (Fsp3) is 0.333. The summed E-state index contributed by atoms with van der Waals surface area (Å²) in [5.74, 6) is 0.296. The quantitative estimate of drug-likeness (QED) is 0.841. The zero-order chi connectivity index (χ0) is 13.1. The molecule has 2 aromatic carbocycles. The van der Waals surface area contributed by atoms with Crippen molar-refractivity contribution in [1.82, 2.24) is 0 Å². The standard InChI is InChI=1S/C18H20O/c19-18-13-7-6-12-17(18)16-11-5-4-10-15(16)14-8-2-1-3-9-14/h1-5,8-11,17-19H,6-7,12-13H2. The smallest absolute Gasteiger partial charge is 0.0608 e. The summed E-state index contributed by atoms with van der Waals surface area (Å²) in [4.78, 5) is 0. The van der Waals surface area contributed by atoms with E-state index in [1.165, 1.54) is 23.1 Å². The van der Waals surface area contributed by atoms with E-state index in [9.17, 15) is 5.11 Å². The SMILES string of the molecule is OC1CCCCC1c1ccccc1-c1ccccc1. The van der Waals surface area contributed by atoms with Crippen LogP contribution in [0.25, 0.3) is 11.1 Å². The van der Waals surface area contributed by atoms with Crippen molar-refractivity contribution in [2.45, 2.75) is 37.7 Å². The third-order valence-electron chi connectivity index (χ3n) is 4.17. The Bertz CT molecular complexity index is 532. The molecule has 19 heavy (non-hydrogen) atoms. The van der Waals surface area contributed by atoms with Crippen LogP contribution in [-0.2, 0) is 0 Å². The maximum absolute atomic E-state index is 10.3. The molecule has 0 radical (unpaired) electrons. The second-order valence-corrected chi connectivity index (χ2v) is 5.41. The number of aliphatic hydroxyl groups is 1. The molecule has 0 amide bonds. The van der Waals surface area contributed by atoms with Crippen molar-refractivity contribution in [1.29, 1.82) is 0 Å². The van der Waals surface area contributed by atoms with Crippen molar-refractivity contribution >= 4 is 0 Å². The highest BCUT2D eigenvalue weighted by atomic mass is 16.3. The molecule has 0 bridgehead atoms. The van der Waals surface area contributed by atoms with Crippen molar-refractivity contribution in [3.63, 3.8) is 0 Å². The zero-order valence-electron chi connectivity index (χ0n) is 11.1. The van der Waals surface area contributed by atoms with Crippen LogP contribution in [0.5, 0.6) is 0 Å². The Hall–Kier alpha value is -1.60. The van der Waals surface area contributed by atoms with E-state index in [2.05, 4.69) is 48.5 Å². The van der Waals surface area contributed by atoms with E-state index >= 15 is 0 Å². The molecule has 1 saturated carbocycles. The highest BCUT2D eigenvalue weighted by Crippen LogP contribution is 2.38. The van der Waals surface area contributed by atoms with E-state index in [4.69, 9.17) is 0 Å². The van der Waals surface area contributed by atoms with Gasteiger partial charge >= 0.3 is 0 Å². The maximum atomic E-state index is 10.3. The molecule has 0 saturated heterocycles. The minimum Gasteiger partial charge on any atom is -0.392 e. The molecule has 0 spiro atoms. The molecular formula is C18H20O. The van der Waals surface area contributed by atoms with E-state index < -0.39 is 0 Å². The highest BCUT2D eigenvalue weighted by Gasteiger charge is 2.26. The second-order valence-electron chi connectivity index (χ2n) is 5.41. The van der Waals surface area contributed by atoms with Crippen LogP contribution in [-0.4, -0.2) is 11.2 Å². The highest BCUT2D eigenvalue weighted by molar-refractivity contribution is 5.68. The molecule has 1 aliphatic carbocycles. The van der Waals surface area contributed by atoms with Crippen LogP contribution in [0.4, 0.5) is 0 Å². The Kier molecular flexibility index (Phi) is 3.65. The Labute approximate surface area is 114 Å². The summed E-state index contributed by atoms with van der Waals surface area (Å²) < 4.78 is 0. The molecule has 1 heteroatoms. The van der Waals surface area contributed by atoms with E-state index in [0.29, 0.717) is 5.92 Å². The van der Waals surface area contributed by atoms with Gasteiger partial charge in [-0.2, -0.15) is 0 Å². The van der Waals surface area contributed by atoms with Crippen LogP contribution in [0.3, 0.4) is 0 Å². The van der Waals surface area contributed by atoms with Gasteiger partial charge in [0.15, 0.2) is 0 Å². The molecular weight excluding hydrogens is 232 g/mol. The van der Waals surface area contributed by atoms with Gasteiger partial charge in [-0.25, -0.2) is 0 Å². The first kappa shape index (κ1) is 12.4. The summed E-state index contributed by atoms with van der Waals surface area (Å²) in [6.45, 7) is 0. The summed E-state index contributed by atoms with van der Waals surface area (Å²) in [6.07, 6.45) is 4.24. The van der Waals surface area contributed by atoms with Gasteiger partial charge in [0.25, 0.3) is 0 Å². The number of aliphatic hydroxyl groups excluding tert-OH is 1. The average molecular weight is 252 g/mol. The van der Waals surface area contributed by atoms with Crippen molar-refractivity contribution in [3.8, 4) is 11.1 Å². The van der Waals surface area contributed by atoms with Crippen LogP contribution in [0.2, 0.25) is 0 Å². The zero-order valence-corrected chi connectivity index (χ0v) is 11.1. The third-order valence-corrected chi connectivity index (χ3v) is 4.17. The predicted octanol–water partition coefficient (Wildman–Crippen LogP) is 4.37. The van der Waals surface area contributed by atoms with Gasteiger partial charge in [-0.15, -0.1) is 0 Å². The van der Waals surface area contributed by atoms with Crippen molar-refractivity contribution in [2.24, 2.45) is 0 Å². The lowest BCUT2D eigenvalue weighted by Gasteiger charge is -2.29. The Morgan fingerprint density at radius 1 is 0.789 bits per heavy atom. The molecule has 1 N–H and O–H groups in total. The Balaban J connectivity index is 2.02. The fourth-order valence-corrected chi connectivity index (χ4v) is 3.18. The molecule has 1 aliphatic rings. The Morgan fingerprint density at radius 3 is 2.26 bits per heavy atom. The topological polar surface area (TPSA) is 20.2 Å². The largest absolute Gasteiger partial charge is 0.392 e. The lowest BCUT2D eigenvalue weighted by atomic mass is 9.79. The summed E-state index contributed by atoms with van der Waals surface area (Å²) >= 11 is 0. The number of hydrogen-bond donors (Lipinski definition) is 1. The van der Waals surface area contributed by atoms with E-state index in [1.807, 2.05) is 6.07 Å². The molecule has 0 aliphatic heterocycles. The average Bonchev–Trinajstić information content (AvgIpc) is 2.49. The van der Waals surface area contributed by atoms with Crippen LogP contribution < -0.4 is 0 Å². The first-order chi connectivity index (χ1) is 9.36. The summed E-state index contributed by atoms with van der Waals surface area (Å²) in [7, 11) is 0. The molecule has 0 aromatic heterocycles. The van der Waals surface area contributed by atoms with Gasteiger partial charge in [0.1, 0.15) is 0 Å². The lowest BCUT2D eigenvalue weighted by Crippen LogP contribution is -2.22. The van der Waals surface area contributed by atoms with Crippen LogP contribution in [0, 0.1) is 0 Å². The first-order valence-corrected chi connectivity index (χ1v) is 7.18. The Morgan fingerprint density at radius 2 is 1.47 bits per heavy atom. The molecule has 1 fully saturated rings. The summed E-state index contributed by atoms with van der Waals surface area (Å²) in [5.41, 5.74) is 3.82. The van der Waals surface area contributed by atoms with Gasteiger partial charge < -0.3 is 5.11 Å². The van der Waals surface area contributed by atoms with E-state index in [1.54, 1.807) is 0 Å². The fourth-order valence-electron chi connectivity index (χ4n) is 3.18. The number of benzene rings is 2. The predicted molar refractivity (Wildman–Crippen MR) is 79.1 cm³/mol.